The third-order valence-electron chi connectivity index (χ3n) is 5.20. The summed E-state index contributed by atoms with van der Waals surface area (Å²) in [6.45, 7) is 0.458. The number of ether oxygens (including phenoxy) is 3. The molecule has 7 heteroatoms. The number of rotatable bonds is 9. The van der Waals surface area contributed by atoms with Crippen LogP contribution in [0.2, 0.25) is 5.02 Å². The van der Waals surface area contributed by atoms with Gasteiger partial charge in [-0.15, -0.1) is 0 Å². The predicted octanol–water partition coefficient (Wildman–Crippen LogP) is 4.74. The maximum Gasteiger partial charge on any atom is 0.161 e. The van der Waals surface area contributed by atoms with Gasteiger partial charge in [0.2, 0.25) is 0 Å². The molecule has 4 rings (SSSR count). The number of fused-ring (bicyclic) bond motifs is 1. The van der Waals surface area contributed by atoms with Crippen LogP contribution in [0.15, 0.2) is 66.7 Å². The molecule has 1 atom stereocenters. The second-order valence-corrected chi connectivity index (χ2v) is 7.80. The lowest BCUT2D eigenvalue weighted by Crippen LogP contribution is -2.24. The van der Waals surface area contributed by atoms with E-state index in [1.165, 1.54) is 0 Å². The molecule has 0 spiro atoms. The molecule has 6 nitrogen and oxygen atoms in total. The van der Waals surface area contributed by atoms with Crippen molar-refractivity contribution in [1.82, 2.24) is 9.55 Å². The van der Waals surface area contributed by atoms with Gasteiger partial charge in [-0.1, -0.05) is 41.9 Å². The fraction of sp³-hybridized carbons (Fsp3) is 0.240. The molecule has 0 saturated carbocycles. The minimum atomic E-state index is -0.743. The van der Waals surface area contributed by atoms with Crippen molar-refractivity contribution in [2.45, 2.75) is 19.1 Å². The molecule has 0 aliphatic rings. The van der Waals surface area contributed by atoms with Gasteiger partial charge >= 0.3 is 0 Å². The highest BCUT2D eigenvalue weighted by Gasteiger charge is 2.16. The standard InChI is InChI=1S/C25H25ClN2O4/c1-30-23-12-11-17(13-24(23)31-2)14-25-27-20-8-4-5-9-21(20)28(25)15-18(29)16-32-22-10-6-3-7-19(22)26/h3-13,18,29H,14-16H2,1-2H3. The second kappa shape index (κ2) is 9.94. The minimum absolute atomic E-state index is 0.117. The molecule has 166 valence electrons. The van der Waals surface area contributed by atoms with Gasteiger partial charge in [0, 0.05) is 6.42 Å². The highest BCUT2D eigenvalue weighted by molar-refractivity contribution is 6.32. The summed E-state index contributed by atoms with van der Waals surface area (Å²) < 4.78 is 18.5. The van der Waals surface area contributed by atoms with E-state index in [1.54, 1.807) is 26.4 Å². The van der Waals surface area contributed by atoms with Gasteiger partial charge in [-0.3, -0.25) is 0 Å². The SMILES string of the molecule is COc1ccc(Cc2nc3ccccc3n2CC(O)COc2ccccc2Cl)cc1OC. The Labute approximate surface area is 191 Å². The minimum Gasteiger partial charge on any atom is -0.493 e. The molecule has 0 radical (unpaired) electrons. The van der Waals surface area contributed by atoms with Crippen molar-refractivity contribution < 1.29 is 19.3 Å². The molecule has 1 unspecified atom stereocenters. The third-order valence-corrected chi connectivity index (χ3v) is 5.52. The van der Waals surface area contributed by atoms with Gasteiger partial charge in [0.15, 0.2) is 11.5 Å². The summed E-state index contributed by atoms with van der Waals surface area (Å²) in [6, 6.07) is 20.9. The maximum atomic E-state index is 10.7. The lowest BCUT2D eigenvalue weighted by Gasteiger charge is -2.16. The van der Waals surface area contributed by atoms with E-state index in [-0.39, 0.29) is 6.61 Å². The Bertz CT molecular complexity index is 1210. The Balaban J connectivity index is 1.57. The normalized spacial score (nSPS) is 12.0. The summed E-state index contributed by atoms with van der Waals surface area (Å²) in [5.41, 5.74) is 2.86. The average Bonchev–Trinajstić information content (AvgIpc) is 3.15. The molecule has 0 saturated heterocycles. The molecule has 1 aromatic heterocycles. The van der Waals surface area contributed by atoms with E-state index in [9.17, 15) is 5.11 Å². The van der Waals surface area contributed by atoms with Crippen LogP contribution in [0.4, 0.5) is 0 Å². The number of hydrogen-bond acceptors (Lipinski definition) is 5. The van der Waals surface area contributed by atoms with E-state index in [2.05, 4.69) is 0 Å². The van der Waals surface area contributed by atoms with E-state index in [4.69, 9.17) is 30.8 Å². The van der Waals surface area contributed by atoms with E-state index in [0.29, 0.717) is 35.2 Å². The van der Waals surface area contributed by atoms with Gasteiger partial charge in [0.05, 0.1) is 36.8 Å². The molecule has 0 bridgehead atoms. The van der Waals surface area contributed by atoms with Crippen LogP contribution in [0.3, 0.4) is 0 Å². The van der Waals surface area contributed by atoms with Crippen LogP contribution >= 0.6 is 11.6 Å². The highest BCUT2D eigenvalue weighted by Crippen LogP contribution is 2.29. The lowest BCUT2D eigenvalue weighted by molar-refractivity contribution is 0.0928. The molecule has 0 fully saturated rings. The number of hydrogen-bond donors (Lipinski definition) is 1. The molecule has 4 aromatic rings. The summed E-state index contributed by atoms with van der Waals surface area (Å²) in [5, 5.41) is 11.2. The van der Waals surface area contributed by atoms with Gasteiger partial charge in [0.1, 0.15) is 24.3 Å². The Hall–Kier alpha value is -3.22. The number of aliphatic hydroxyl groups is 1. The van der Waals surface area contributed by atoms with Crippen molar-refractivity contribution in [3.63, 3.8) is 0 Å². The van der Waals surface area contributed by atoms with E-state index in [1.807, 2.05) is 59.2 Å². The van der Waals surface area contributed by atoms with Crippen molar-refractivity contribution in [2.24, 2.45) is 0 Å². The molecular weight excluding hydrogens is 428 g/mol. The Morgan fingerprint density at radius 2 is 1.69 bits per heavy atom. The van der Waals surface area contributed by atoms with Crippen molar-refractivity contribution in [3.8, 4) is 17.2 Å². The number of halogens is 1. The molecule has 0 aliphatic carbocycles. The highest BCUT2D eigenvalue weighted by atomic mass is 35.5. The smallest absolute Gasteiger partial charge is 0.161 e. The van der Waals surface area contributed by atoms with Crippen LogP contribution in [0.1, 0.15) is 11.4 Å². The molecule has 3 aromatic carbocycles. The van der Waals surface area contributed by atoms with Crippen LogP contribution < -0.4 is 14.2 Å². The Morgan fingerprint density at radius 1 is 0.938 bits per heavy atom. The molecule has 0 aliphatic heterocycles. The van der Waals surface area contributed by atoms with Crippen molar-refractivity contribution in [1.29, 1.82) is 0 Å². The van der Waals surface area contributed by atoms with E-state index >= 15 is 0 Å². The Kier molecular flexibility index (Phi) is 6.83. The van der Waals surface area contributed by atoms with Crippen LogP contribution in [-0.2, 0) is 13.0 Å². The number of imidazole rings is 1. The van der Waals surface area contributed by atoms with Gasteiger partial charge in [-0.25, -0.2) is 4.98 Å². The van der Waals surface area contributed by atoms with Crippen molar-refractivity contribution in [3.05, 3.63) is 83.1 Å². The number of benzene rings is 3. The van der Waals surface area contributed by atoms with Crippen molar-refractivity contribution in [2.75, 3.05) is 20.8 Å². The first-order valence-electron chi connectivity index (χ1n) is 10.3. The summed E-state index contributed by atoms with van der Waals surface area (Å²) in [7, 11) is 3.23. The molecule has 1 N–H and O–H groups in total. The molecular formula is C25H25ClN2O4. The zero-order valence-corrected chi connectivity index (χ0v) is 18.7. The summed E-state index contributed by atoms with van der Waals surface area (Å²) in [6.07, 6.45) is -0.166. The zero-order chi connectivity index (χ0) is 22.5. The fourth-order valence-electron chi connectivity index (χ4n) is 3.65. The van der Waals surface area contributed by atoms with Crippen LogP contribution in [0.25, 0.3) is 11.0 Å². The molecule has 32 heavy (non-hydrogen) atoms. The van der Waals surface area contributed by atoms with Crippen molar-refractivity contribution >= 4 is 22.6 Å². The largest absolute Gasteiger partial charge is 0.493 e. The quantitative estimate of drug-likeness (QED) is 0.397. The number of aliphatic hydroxyl groups excluding tert-OH is 1. The zero-order valence-electron chi connectivity index (χ0n) is 18.0. The Morgan fingerprint density at radius 3 is 2.47 bits per heavy atom. The lowest BCUT2D eigenvalue weighted by atomic mass is 10.1. The van der Waals surface area contributed by atoms with Gasteiger partial charge in [-0.2, -0.15) is 0 Å². The van der Waals surface area contributed by atoms with Gasteiger partial charge < -0.3 is 23.9 Å². The summed E-state index contributed by atoms with van der Waals surface area (Å²) in [4.78, 5) is 4.81. The maximum absolute atomic E-state index is 10.7. The van der Waals surface area contributed by atoms with Crippen LogP contribution in [0.5, 0.6) is 17.2 Å². The van der Waals surface area contributed by atoms with E-state index in [0.717, 1.165) is 22.4 Å². The number of methoxy groups -OCH3 is 2. The summed E-state index contributed by atoms with van der Waals surface area (Å²) >= 11 is 6.15. The number of nitrogens with zero attached hydrogens (tertiary/aromatic N) is 2. The topological polar surface area (TPSA) is 65.7 Å². The molecule has 1 heterocycles. The first kappa shape index (κ1) is 22.0. The second-order valence-electron chi connectivity index (χ2n) is 7.39. The predicted molar refractivity (Wildman–Crippen MR) is 125 cm³/mol. The first-order valence-corrected chi connectivity index (χ1v) is 10.7. The van der Waals surface area contributed by atoms with Gasteiger partial charge in [-0.05, 0) is 42.0 Å². The fourth-order valence-corrected chi connectivity index (χ4v) is 3.84. The van der Waals surface area contributed by atoms with Crippen LogP contribution in [-0.4, -0.2) is 41.6 Å². The first-order chi connectivity index (χ1) is 15.6. The number of para-hydroxylation sites is 3. The molecule has 0 amide bonds. The van der Waals surface area contributed by atoms with E-state index < -0.39 is 6.10 Å². The third kappa shape index (κ3) is 4.82. The monoisotopic (exact) mass is 452 g/mol. The average molecular weight is 453 g/mol. The van der Waals surface area contributed by atoms with Crippen LogP contribution in [0, 0.1) is 0 Å². The summed E-state index contributed by atoms with van der Waals surface area (Å²) in [5.74, 6) is 2.74. The number of aromatic nitrogens is 2. The van der Waals surface area contributed by atoms with Gasteiger partial charge in [0.25, 0.3) is 0 Å².